The topological polar surface area (TPSA) is 119 Å². The van der Waals surface area contributed by atoms with Gasteiger partial charge in [0.25, 0.3) is 0 Å². The molecule has 1 heterocycles. The van der Waals surface area contributed by atoms with E-state index in [1.54, 1.807) is 12.1 Å². The van der Waals surface area contributed by atoms with E-state index in [-0.39, 0.29) is 16.5 Å². The molecule has 6 nitrogen and oxygen atoms in total. The molecule has 0 spiro atoms. The van der Waals surface area contributed by atoms with Gasteiger partial charge >= 0.3 is 13.1 Å². The molecule has 1 aromatic rings. The number of hydrogen-bond acceptors (Lipinski definition) is 6. The van der Waals surface area contributed by atoms with Gasteiger partial charge in [-0.1, -0.05) is 12.1 Å². The molecule has 0 saturated carbocycles. The first-order valence-electron chi connectivity index (χ1n) is 5.57. The summed E-state index contributed by atoms with van der Waals surface area (Å²) in [6.45, 7) is 0. The van der Waals surface area contributed by atoms with Crippen LogP contribution in [-0.4, -0.2) is 28.4 Å². The van der Waals surface area contributed by atoms with Crippen molar-refractivity contribution in [2.45, 2.75) is 11.6 Å². The van der Waals surface area contributed by atoms with Crippen LogP contribution in [0.1, 0.15) is 15.9 Å². The van der Waals surface area contributed by atoms with Gasteiger partial charge in [0.15, 0.2) is 0 Å². The largest absolute Gasteiger partial charge is 0.537 e. The lowest BCUT2D eigenvalue weighted by Gasteiger charge is -2.27. The van der Waals surface area contributed by atoms with Crippen LogP contribution < -0.4 is 16.1 Å². The molecule has 2 rings (SSSR count). The van der Waals surface area contributed by atoms with Crippen molar-refractivity contribution in [3.05, 3.63) is 40.6 Å². The van der Waals surface area contributed by atoms with Crippen LogP contribution in [0, 0.1) is 0 Å². The Kier molecular flexibility index (Phi) is 3.91. The maximum Gasteiger partial charge on any atom is 0.537 e. The van der Waals surface area contributed by atoms with Crippen molar-refractivity contribution in [1.29, 1.82) is 0 Å². The fourth-order valence-electron chi connectivity index (χ4n) is 1.88. The van der Waals surface area contributed by atoms with Gasteiger partial charge in [0, 0.05) is 6.20 Å². The van der Waals surface area contributed by atoms with Gasteiger partial charge < -0.3 is 26.3 Å². The monoisotopic (exact) mass is 280 g/mol. The van der Waals surface area contributed by atoms with E-state index in [2.05, 4.69) is 0 Å². The number of aromatic carboxylic acids is 1. The summed E-state index contributed by atoms with van der Waals surface area (Å²) < 4.78 is 5.31. The number of nitrogens with two attached hydrogens (primary N) is 2. The molecule has 0 bridgehead atoms. The molecule has 1 aromatic carbocycles. The number of benzene rings is 1. The lowest BCUT2D eigenvalue weighted by molar-refractivity contribution is 0.0694. The highest BCUT2D eigenvalue weighted by molar-refractivity contribution is 8.04. The minimum absolute atomic E-state index is 0.0438. The van der Waals surface area contributed by atoms with Gasteiger partial charge in [-0.2, -0.15) is 0 Å². The molecule has 1 aliphatic rings. The Morgan fingerprint density at radius 2 is 2.32 bits per heavy atom. The van der Waals surface area contributed by atoms with E-state index >= 15 is 0 Å². The average molecular weight is 280 g/mol. The number of carboxylic acid groups (broad SMARTS) is 1. The minimum Gasteiger partial charge on any atom is -0.535 e. The first-order valence-corrected chi connectivity index (χ1v) is 6.45. The Balaban J connectivity index is 2.29. The zero-order chi connectivity index (χ0) is 14.0. The van der Waals surface area contributed by atoms with Gasteiger partial charge in [-0.3, -0.25) is 0 Å². The van der Waals surface area contributed by atoms with Gasteiger partial charge in [0.2, 0.25) is 0 Å². The van der Waals surface area contributed by atoms with E-state index in [9.17, 15) is 9.82 Å². The van der Waals surface area contributed by atoms with Gasteiger partial charge in [-0.25, -0.2) is 4.79 Å². The number of rotatable bonds is 3. The second kappa shape index (κ2) is 5.46. The molecule has 100 valence electrons. The lowest BCUT2D eigenvalue weighted by atomic mass is 9.77. The smallest absolute Gasteiger partial charge is 0.535 e. The summed E-state index contributed by atoms with van der Waals surface area (Å²) >= 11 is 1.20. The summed E-state index contributed by atoms with van der Waals surface area (Å²) in [5.74, 6) is -0.869. The highest BCUT2D eigenvalue weighted by atomic mass is 32.2. The maximum atomic E-state index is 11.1. The van der Waals surface area contributed by atoms with E-state index in [4.69, 9.17) is 21.2 Å². The average Bonchev–Trinajstić information content (AvgIpc) is 2.38. The molecule has 1 aliphatic heterocycles. The van der Waals surface area contributed by atoms with Crippen LogP contribution >= 0.6 is 11.8 Å². The van der Waals surface area contributed by atoms with E-state index < -0.39 is 13.1 Å². The van der Waals surface area contributed by atoms with E-state index in [1.807, 2.05) is 0 Å². The summed E-state index contributed by atoms with van der Waals surface area (Å²) in [5, 5.41) is 19.0. The fraction of sp³-hybridized carbons (Fsp3) is 0.182. The zero-order valence-corrected chi connectivity index (χ0v) is 10.8. The Morgan fingerprint density at radius 3 is 2.95 bits per heavy atom. The summed E-state index contributed by atoms with van der Waals surface area (Å²) in [7, 11) is -1.13. The number of thioether (sulfide) groups is 1. The third-order valence-corrected chi connectivity index (χ3v) is 3.87. The van der Waals surface area contributed by atoms with Gasteiger partial charge in [0.1, 0.15) is 5.75 Å². The summed E-state index contributed by atoms with van der Waals surface area (Å²) in [5.41, 5.74) is 11.7. The van der Waals surface area contributed by atoms with Crippen molar-refractivity contribution >= 4 is 24.8 Å². The molecule has 0 aromatic heterocycles. The van der Waals surface area contributed by atoms with E-state index in [1.165, 1.54) is 24.0 Å². The summed E-state index contributed by atoms with van der Waals surface area (Å²) in [4.78, 5) is 11.1. The molecule has 0 radical (unpaired) electrons. The van der Waals surface area contributed by atoms with Crippen LogP contribution in [0.2, 0.25) is 0 Å². The molecule has 0 aliphatic carbocycles. The first kappa shape index (κ1) is 13.6. The van der Waals surface area contributed by atoms with Crippen molar-refractivity contribution in [3.63, 3.8) is 0 Å². The van der Waals surface area contributed by atoms with Crippen LogP contribution in [0.3, 0.4) is 0 Å². The minimum atomic E-state index is -1.13. The number of carbonyl (C=O) groups is 1. The van der Waals surface area contributed by atoms with Gasteiger partial charge in [-0.15, -0.1) is 11.8 Å². The van der Waals surface area contributed by atoms with Crippen LogP contribution in [0.25, 0.3) is 0 Å². The van der Waals surface area contributed by atoms with Gasteiger partial charge in [-0.05, 0) is 18.1 Å². The predicted octanol–water partition coefficient (Wildman–Crippen LogP) is 0.157. The number of carboxylic acids is 1. The Bertz CT molecular complexity index is 537. The molecular weight excluding hydrogens is 267 g/mol. The molecule has 6 N–H and O–H groups in total. The van der Waals surface area contributed by atoms with Crippen LogP contribution in [0.4, 0.5) is 0 Å². The Labute approximate surface area is 114 Å². The highest BCUT2D eigenvalue weighted by Crippen LogP contribution is 2.35. The number of para-hydroxylation sites is 1. The maximum absolute atomic E-state index is 11.1. The van der Waals surface area contributed by atoms with Crippen molar-refractivity contribution < 1.29 is 19.6 Å². The second-order valence-electron chi connectivity index (χ2n) is 4.04. The van der Waals surface area contributed by atoms with Crippen LogP contribution in [0.15, 0.2) is 29.4 Å². The number of hydrogen-bond donors (Lipinski definition) is 4. The normalized spacial score (nSPS) is 18.7. The molecule has 1 unspecified atom stereocenters. The van der Waals surface area contributed by atoms with Crippen molar-refractivity contribution in [2.75, 3.05) is 0 Å². The molecule has 0 amide bonds. The van der Waals surface area contributed by atoms with Crippen LogP contribution in [-0.2, 0) is 6.42 Å². The lowest BCUT2D eigenvalue weighted by Crippen LogP contribution is -2.41. The number of fused-ring (bicyclic) bond motifs is 1. The van der Waals surface area contributed by atoms with Crippen LogP contribution in [0.5, 0.6) is 5.75 Å². The quantitative estimate of drug-likeness (QED) is 0.582. The fourth-order valence-corrected chi connectivity index (χ4v) is 2.74. The Hall–Kier alpha value is -1.80. The third kappa shape index (κ3) is 2.79. The van der Waals surface area contributed by atoms with Crippen molar-refractivity contribution in [3.8, 4) is 5.75 Å². The molecule has 0 saturated heterocycles. The third-order valence-electron chi connectivity index (χ3n) is 2.76. The summed E-state index contributed by atoms with van der Waals surface area (Å²) in [6, 6.07) is 4.85. The Morgan fingerprint density at radius 1 is 1.58 bits per heavy atom. The molecule has 8 heteroatoms. The van der Waals surface area contributed by atoms with E-state index in [0.29, 0.717) is 11.4 Å². The van der Waals surface area contributed by atoms with Gasteiger partial charge in [0.05, 0.1) is 15.7 Å². The van der Waals surface area contributed by atoms with E-state index in [0.717, 1.165) is 5.56 Å². The second-order valence-corrected chi connectivity index (χ2v) is 5.35. The summed E-state index contributed by atoms with van der Waals surface area (Å²) in [6.07, 6.45) is 1.71. The molecule has 1 atom stereocenters. The standard InChI is InChI=1S/C11H13BN2O4S/c13-5-9(14)19-8-4-6-2-1-3-7(11(15)16)10(6)18-12(8)17/h1-3,5,8,17H,4,13-14H2,(H,15,16)/b9-5+. The molecule has 19 heavy (non-hydrogen) atoms. The van der Waals surface area contributed by atoms with Crippen molar-refractivity contribution in [2.24, 2.45) is 11.5 Å². The molecule has 0 fully saturated rings. The SMILES string of the molecule is N/C=C(\N)SC1Cc2cccc(C(=O)O)c2OB1O. The first-order chi connectivity index (χ1) is 9.02. The predicted molar refractivity (Wildman–Crippen MR) is 73.5 cm³/mol. The zero-order valence-electron chi connectivity index (χ0n) is 9.95. The highest BCUT2D eigenvalue weighted by Gasteiger charge is 2.37. The molecular formula is C11H13BN2O4S. The van der Waals surface area contributed by atoms with Crippen molar-refractivity contribution in [1.82, 2.24) is 0 Å².